The van der Waals surface area contributed by atoms with E-state index in [4.69, 9.17) is 5.11 Å². The molecule has 1 aromatic rings. The number of rotatable bonds is 6. The van der Waals surface area contributed by atoms with Crippen molar-refractivity contribution in [1.29, 1.82) is 0 Å². The fourth-order valence-corrected chi connectivity index (χ4v) is 2.67. The highest BCUT2D eigenvalue weighted by Crippen LogP contribution is 2.13. The number of carboxylic acid groups (broad SMARTS) is 1. The van der Waals surface area contributed by atoms with Crippen molar-refractivity contribution in [3.63, 3.8) is 0 Å². The van der Waals surface area contributed by atoms with E-state index in [1.165, 1.54) is 24.3 Å². The summed E-state index contributed by atoms with van der Waals surface area (Å²) in [6.07, 6.45) is 0. The lowest BCUT2D eigenvalue weighted by atomic mass is 10.1. The van der Waals surface area contributed by atoms with E-state index < -0.39 is 27.5 Å². The van der Waals surface area contributed by atoms with Crippen molar-refractivity contribution in [2.75, 3.05) is 5.75 Å². The van der Waals surface area contributed by atoms with Gasteiger partial charge in [-0.05, 0) is 37.1 Å². The first kappa shape index (κ1) is 17.2. The highest BCUT2D eigenvalue weighted by molar-refractivity contribution is 7.92. The van der Waals surface area contributed by atoms with Crippen LogP contribution in [-0.4, -0.2) is 37.2 Å². The predicted molar refractivity (Wildman–Crippen MR) is 77.9 cm³/mol. The number of carboxylic acids is 1. The molecule has 1 unspecified atom stereocenters. The number of carbonyl (C=O) groups excluding carboxylic acids is 1. The summed E-state index contributed by atoms with van der Waals surface area (Å²) in [5, 5.41) is 11.4. The topological polar surface area (TPSA) is 101 Å². The molecule has 0 heterocycles. The Hall–Kier alpha value is -1.89. The molecular formula is C14H19NO5S. The molecule has 116 valence electrons. The van der Waals surface area contributed by atoms with Gasteiger partial charge in [0.15, 0.2) is 9.84 Å². The second-order valence-corrected chi connectivity index (χ2v) is 7.18. The van der Waals surface area contributed by atoms with Crippen LogP contribution in [0.2, 0.25) is 0 Å². The Kier molecular flexibility index (Phi) is 5.48. The van der Waals surface area contributed by atoms with Crippen LogP contribution >= 0.6 is 0 Å². The Morgan fingerprint density at radius 3 is 2.10 bits per heavy atom. The van der Waals surface area contributed by atoms with Gasteiger partial charge in [-0.3, -0.25) is 4.79 Å². The smallest absolute Gasteiger partial charge is 0.335 e. The fraction of sp³-hybridized carbons (Fsp3) is 0.429. The molecule has 1 amide bonds. The van der Waals surface area contributed by atoms with Crippen molar-refractivity contribution < 1.29 is 23.1 Å². The third-order valence-electron chi connectivity index (χ3n) is 3.17. The molecule has 0 aromatic heterocycles. The molecule has 0 spiro atoms. The second-order valence-electron chi connectivity index (χ2n) is 5.19. The molecule has 2 N–H and O–H groups in total. The number of hydrogen-bond acceptors (Lipinski definition) is 4. The SMILES string of the molecule is CC(C)C(C)NC(=O)CS(=O)(=O)c1ccc(C(=O)O)cc1. The summed E-state index contributed by atoms with van der Waals surface area (Å²) >= 11 is 0. The summed E-state index contributed by atoms with van der Waals surface area (Å²) in [6.45, 7) is 5.64. The van der Waals surface area contributed by atoms with Crippen LogP contribution in [0, 0.1) is 5.92 Å². The van der Waals surface area contributed by atoms with Gasteiger partial charge in [-0.15, -0.1) is 0 Å². The van der Waals surface area contributed by atoms with Gasteiger partial charge in [0.25, 0.3) is 0 Å². The standard InChI is InChI=1S/C14H19NO5S/c1-9(2)10(3)15-13(16)8-21(19,20)12-6-4-11(5-7-12)14(17)18/h4-7,9-10H,8H2,1-3H3,(H,15,16)(H,17,18). The lowest BCUT2D eigenvalue weighted by Crippen LogP contribution is -2.39. The van der Waals surface area contributed by atoms with Crippen molar-refractivity contribution in [2.24, 2.45) is 5.92 Å². The van der Waals surface area contributed by atoms with E-state index in [0.717, 1.165) is 0 Å². The quantitative estimate of drug-likeness (QED) is 0.825. The summed E-state index contributed by atoms with van der Waals surface area (Å²) < 4.78 is 24.1. The van der Waals surface area contributed by atoms with Gasteiger partial charge in [0.2, 0.25) is 5.91 Å². The molecule has 0 aliphatic carbocycles. The molecule has 0 saturated heterocycles. The average Bonchev–Trinajstić information content (AvgIpc) is 2.37. The van der Waals surface area contributed by atoms with Gasteiger partial charge in [0.1, 0.15) is 5.75 Å². The summed E-state index contributed by atoms with van der Waals surface area (Å²) in [5.41, 5.74) is -0.00756. The maximum atomic E-state index is 12.1. The number of aromatic carboxylic acids is 1. The van der Waals surface area contributed by atoms with Gasteiger partial charge >= 0.3 is 5.97 Å². The lowest BCUT2D eigenvalue weighted by Gasteiger charge is -2.17. The third kappa shape index (κ3) is 4.86. The van der Waals surface area contributed by atoms with Crippen LogP contribution in [0.5, 0.6) is 0 Å². The van der Waals surface area contributed by atoms with E-state index in [1.54, 1.807) is 6.92 Å². The van der Waals surface area contributed by atoms with Crippen LogP contribution in [0.4, 0.5) is 0 Å². The first-order valence-corrected chi connectivity index (χ1v) is 8.14. The van der Waals surface area contributed by atoms with E-state index in [9.17, 15) is 18.0 Å². The summed E-state index contributed by atoms with van der Waals surface area (Å²) in [7, 11) is -3.78. The minimum atomic E-state index is -3.78. The normalized spacial score (nSPS) is 13.0. The van der Waals surface area contributed by atoms with Crippen LogP contribution in [0.25, 0.3) is 0 Å². The molecule has 0 fully saturated rings. The van der Waals surface area contributed by atoms with Crippen molar-refractivity contribution in [3.8, 4) is 0 Å². The zero-order valence-corrected chi connectivity index (χ0v) is 13.0. The van der Waals surface area contributed by atoms with Crippen molar-refractivity contribution in [3.05, 3.63) is 29.8 Å². The highest BCUT2D eigenvalue weighted by Gasteiger charge is 2.21. The van der Waals surface area contributed by atoms with Gasteiger partial charge < -0.3 is 10.4 Å². The summed E-state index contributed by atoms with van der Waals surface area (Å²) in [4.78, 5) is 22.4. The van der Waals surface area contributed by atoms with E-state index in [-0.39, 0.29) is 22.4 Å². The molecule has 0 bridgehead atoms. The maximum absolute atomic E-state index is 12.1. The second kappa shape index (κ2) is 6.71. The van der Waals surface area contributed by atoms with E-state index in [0.29, 0.717) is 0 Å². The maximum Gasteiger partial charge on any atom is 0.335 e. The number of carbonyl (C=O) groups is 2. The molecule has 0 radical (unpaired) electrons. The van der Waals surface area contributed by atoms with Crippen LogP contribution in [-0.2, 0) is 14.6 Å². The molecule has 7 heteroatoms. The van der Waals surface area contributed by atoms with E-state index >= 15 is 0 Å². The van der Waals surface area contributed by atoms with Crippen molar-refractivity contribution >= 4 is 21.7 Å². The molecule has 6 nitrogen and oxygen atoms in total. The van der Waals surface area contributed by atoms with Gasteiger partial charge in [-0.2, -0.15) is 0 Å². The molecule has 0 aliphatic heterocycles. The fourth-order valence-electron chi connectivity index (χ4n) is 1.52. The van der Waals surface area contributed by atoms with Gasteiger partial charge in [0, 0.05) is 6.04 Å². The molecule has 1 rings (SSSR count). The van der Waals surface area contributed by atoms with E-state index in [2.05, 4.69) is 5.32 Å². The Morgan fingerprint density at radius 1 is 1.14 bits per heavy atom. The summed E-state index contributed by atoms with van der Waals surface area (Å²) in [5.74, 6) is -2.16. The first-order valence-electron chi connectivity index (χ1n) is 6.49. The Labute approximate surface area is 124 Å². The minimum Gasteiger partial charge on any atom is -0.478 e. The molecular weight excluding hydrogens is 294 g/mol. The molecule has 21 heavy (non-hydrogen) atoms. The number of sulfone groups is 1. The molecule has 0 aliphatic rings. The lowest BCUT2D eigenvalue weighted by molar-refractivity contribution is -0.119. The van der Waals surface area contributed by atoms with Gasteiger partial charge in [-0.25, -0.2) is 13.2 Å². The molecule has 0 saturated carbocycles. The van der Waals surface area contributed by atoms with Gasteiger partial charge in [-0.1, -0.05) is 13.8 Å². The first-order chi connectivity index (χ1) is 9.63. The van der Waals surface area contributed by atoms with Crippen LogP contribution in [0.1, 0.15) is 31.1 Å². The molecule has 1 atom stereocenters. The zero-order valence-electron chi connectivity index (χ0n) is 12.2. The number of hydrogen-bond donors (Lipinski definition) is 2. The van der Waals surface area contributed by atoms with Crippen LogP contribution in [0.3, 0.4) is 0 Å². The van der Waals surface area contributed by atoms with Crippen LogP contribution in [0.15, 0.2) is 29.2 Å². The Morgan fingerprint density at radius 2 is 1.67 bits per heavy atom. The summed E-state index contributed by atoms with van der Waals surface area (Å²) in [6, 6.07) is 4.66. The number of nitrogens with one attached hydrogen (secondary N) is 1. The largest absolute Gasteiger partial charge is 0.478 e. The van der Waals surface area contributed by atoms with Crippen molar-refractivity contribution in [2.45, 2.75) is 31.7 Å². The number of benzene rings is 1. The third-order valence-corrected chi connectivity index (χ3v) is 4.80. The number of amides is 1. The minimum absolute atomic E-state index is 0.00756. The van der Waals surface area contributed by atoms with Crippen LogP contribution < -0.4 is 5.32 Å². The highest BCUT2D eigenvalue weighted by atomic mass is 32.2. The average molecular weight is 313 g/mol. The monoisotopic (exact) mass is 313 g/mol. The Balaban J connectivity index is 2.82. The Bertz CT molecular complexity index is 619. The van der Waals surface area contributed by atoms with E-state index in [1.807, 2.05) is 13.8 Å². The zero-order chi connectivity index (χ0) is 16.2. The molecule has 1 aromatic carbocycles. The van der Waals surface area contributed by atoms with Gasteiger partial charge in [0.05, 0.1) is 10.5 Å². The predicted octanol–water partition coefficient (Wildman–Crippen LogP) is 1.32. The van der Waals surface area contributed by atoms with Crippen molar-refractivity contribution in [1.82, 2.24) is 5.32 Å².